The van der Waals surface area contributed by atoms with Crippen LogP contribution in [0.2, 0.25) is 0 Å². The average Bonchev–Trinajstić information content (AvgIpc) is 3.20. The highest BCUT2D eigenvalue weighted by atomic mass is 16.4. The Labute approximate surface area is 227 Å². The number of rotatable bonds is 8. The zero-order chi connectivity index (χ0) is 28.3. The molecule has 0 radical (unpaired) electrons. The van der Waals surface area contributed by atoms with Crippen LogP contribution in [0, 0.1) is 6.92 Å². The van der Waals surface area contributed by atoms with E-state index < -0.39 is 12.0 Å². The summed E-state index contributed by atoms with van der Waals surface area (Å²) in [5.74, 6) is -0.778. The van der Waals surface area contributed by atoms with Crippen molar-refractivity contribution < 1.29 is 19.5 Å². The lowest BCUT2D eigenvalue weighted by atomic mass is 10.0. The molecule has 2 aromatic carbocycles. The predicted molar refractivity (Wildman–Crippen MR) is 152 cm³/mol. The van der Waals surface area contributed by atoms with Crippen molar-refractivity contribution in [1.29, 1.82) is 0 Å². The summed E-state index contributed by atoms with van der Waals surface area (Å²) in [5, 5.41) is 18.6. The van der Waals surface area contributed by atoms with Gasteiger partial charge in [0.05, 0.1) is 12.5 Å². The maximum Gasteiger partial charge on any atom is 0.305 e. The van der Waals surface area contributed by atoms with Gasteiger partial charge in [-0.1, -0.05) is 42.0 Å². The number of carbonyl (C=O) groups is 3. The van der Waals surface area contributed by atoms with Crippen LogP contribution in [-0.4, -0.2) is 37.8 Å². The van der Waals surface area contributed by atoms with E-state index in [2.05, 4.69) is 16.0 Å². The molecule has 9 nitrogen and oxygen atoms in total. The Morgan fingerprint density at radius 3 is 2.26 bits per heavy atom. The minimum absolute atomic E-state index is 0.149. The first-order chi connectivity index (χ1) is 18.4. The van der Waals surface area contributed by atoms with Gasteiger partial charge in [-0.25, -0.2) is 4.98 Å². The molecule has 4 N–H and O–H groups in total. The van der Waals surface area contributed by atoms with Gasteiger partial charge in [0.2, 0.25) is 5.91 Å². The second kappa shape index (κ2) is 11.0. The van der Waals surface area contributed by atoms with Gasteiger partial charge in [0.25, 0.3) is 5.91 Å². The Balaban J connectivity index is 1.69. The molecule has 9 heteroatoms. The molecule has 0 aliphatic rings. The van der Waals surface area contributed by atoms with Crippen molar-refractivity contribution in [3.8, 4) is 11.3 Å². The molecule has 2 amide bonds. The average molecular weight is 528 g/mol. The lowest BCUT2D eigenvalue weighted by molar-refractivity contribution is -0.137. The SMILES string of the molecule is CC(=O)Nc1ccc(-c2nc3cc(C(=O)NC(CC(=O)O)c4ccc(C)cc4)ccn3c2NC(C)(C)C)cc1. The number of pyridine rings is 1. The van der Waals surface area contributed by atoms with Crippen LogP contribution in [0.3, 0.4) is 0 Å². The van der Waals surface area contributed by atoms with E-state index in [9.17, 15) is 19.5 Å². The van der Waals surface area contributed by atoms with Crippen molar-refractivity contribution in [2.45, 2.75) is 52.6 Å². The van der Waals surface area contributed by atoms with Crippen molar-refractivity contribution in [3.05, 3.63) is 83.6 Å². The Hall–Kier alpha value is -4.66. The first kappa shape index (κ1) is 27.4. The van der Waals surface area contributed by atoms with Gasteiger partial charge in [-0.05, 0) is 57.5 Å². The number of carbonyl (C=O) groups excluding carboxylic acids is 2. The molecule has 1 unspecified atom stereocenters. The number of carboxylic acids is 1. The van der Waals surface area contributed by atoms with E-state index in [1.54, 1.807) is 18.3 Å². The number of aliphatic carboxylic acids is 1. The van der Waals surface area contributed by atoms with E-state index in [1.807, 2.05) is 80.6 Å². The van der Waals surface area contributed by atoms with Crippen LogP contribution in [0.25, 0.3) is 16.9 Å². The summed E-state index contributed by atoms with van der Waals surface area (Å²) in [4.78, 5) is 41.0. The lowest BCUT2D eigenvalue weighted by Gasteiger charge is -2.22. The number of anilines is 2. The maximum absolute atomic E-state index is 13.2. The molecule has 2 aromatic heterocycles. The van der Waals surface area contributed by atoms with Crippen LogP contribution in [0.4, 0.5) is 11.5 Å². The molecular weight excluding hydrogens is 494 g/mol. The summed E-state index contributed by atoms with van der Waals surface area (Å²) in [6.45, 7) is 9.55. The fourth-order valence-corrected chi connectivity index (χ4v) is 4.24. The molecule has 1 atom stereocenters. The van der Waals surface area contributed by atoms with Crippen molar-refractivity contribution >= 4 is 34.9 Å². The quantitative estimate of drug-likeness (QED) is 0.242. The number of aryl methyl sites for hydroxylation is 1. The van der Waals surface area contributed by atoms with Gasteiger partial charge in [-0.15, -0.1) is 0 Å². The molecule has 202 valence electrons. The molecule has 4 aromatic rings. The van der Waals surface area contributed by atoms with Crippen LogP contribution in [0.15, 0.2) is 66.9 Å². The van der Waals surface area contributed by atoms with E-state index >= 15 is 0 Å². The summed E-state index contributed by atoms with van der Waals surface area (Å²) >= 11 is 0. The first-order valence-electron chi connectivity index (χ1n) is 12.7. The summed E-state index contributed by atoms with van der Waals surface area (Å²) in [7, 11) is 0. The van der Waals surface area contributed by atoms with E-state index in [4.69, 9.17) is 4.98 Å². The molecule has 0 spiro atoms. The van der Waals surface area contributed by atoms with E-state index in [-0.39, 0.29) is 23.8 Å². The second-order valence-electron chi connectivity index (χ2n) is 10.6. The minimum Gasteiger partial charge on any atom is -0.481 e. The number of fused-ring (bicyclic) bond motifs is 1. The summed E-state index contributed by atoms with van der Waals surface area (Å²) in [5.41, 5.74) is 4.64. The number of amides is 2. The fourth-order valence-electron chi connectivity index (χ4n) is 4.24. The highest BCUT2D eigenvalue weighted by Crippen LogP contribution is 2.32. The molecule has 0 aliphatic heterocycles. The second-order valence-corrected chi connectivity index (χ2v) is 10.6. The van der Waals surface area contributed by atoms with E-state index in [1.165, 1.54) is 6.92 Å². The molecule has 0 saturated carbocycles. The molecular formula is C30H33N5O4. The standard InChI is InChI=1S/C30H33N5O4/c1-18-6-8-20(9-7-18)24(17-26(37)38)32-29(39)22-14-15-35-25(16-22)33-27(28(35)34-30(3,4)5)21-10-12-23(13-11-21)31-19(2)36/h6-16,24,34H,17H2,1-5H3,(H,31,36)(H,32,39)(H,37,38). The van der Waals surface area contributed by atoms with Crippen LogP contribution >= 0.6 is 0 Å². The summed E-state index contributed by atoms with van der Waals surface area (Å²) < 4.78 is 1.88. The Morgan fingerprint density at radius 2 is 1.67 bits per heavy atom. The number of nitrogens with zero attached hydrogens (tertiary/aromatic N) is 2. The lowest BCUT2D eigenvalue weighted by Crippen LogP contribution is -2.30. The molecule has 2 heterocycles. The zero-order valence-corrected chi connectivity index (χ0v) is 22.7. The smallest absolute Gasteiger partial charge is 0.305 e. The van der Waals surface area contributed by atoms with Crippen molar-refractivity contribution in [2.75, 3.05) is 10.6 Å². The number of hydrogen-bond acceptors (Lipinski definition) is 5. The van der Waals surface area contributed by atoms with E-state index in [0.29, 0.717) is 22.6 Å². The number of benzene rings is 2. The Bertz CT molecular complexity index is 1520. The van der Waals surface area contributed by atoms with E-state index in [0.717, 1.165) is 22.5 Å². The third kappa shape index (κ3) is 6.81. The monoisotopic (exact) mass is 527 g/mol. The number of aromatic nitrogens is 2. The first-order valence-corrected chi connectivity index (χ1v) is 12.7. The van der Waals surface area contributed by atoms with Gasteiger partial charge < -0.3 is 21.1 Å². The Kier molecular flexibility index (Phi) is 7.71. The number of hydrogen-bond donors (Lipinski definition) is 4. The Morgan fingerprint density at radius 1 is 1.00 bits per heavy atom. The highest BCUT2D eigenvalue weighted by molar-refractivity contribution is 5.96. The largest absolute Gasteiger partial charge is 0.481 e. The molecule has 0 bridgehead atoms. The van der Waals surface area contributed by atoms with Crippen molar-refractivity contribution in [1.82, 2.24) is 14.7 Å². The molecule has 39 heavy (non-hydrogen) atoms. The fraction of sp³-hybridized carbons (Fsp3) is 0.267. The highest BCUT2D eigenvalue weighted by Gasteiger charge is 2.22. The van der Waals surface area contributed by atoms with Gasteiger partial charge in [-0.3, -0.25) is 18.8 Å². The van der Waals surface area contributed by atoms with Crippen LogP contribution in [0.5, 0.6) is 0 Å². The van der Waals surface area contributed by atoms with Crippen LogP contribution < -0.4 is 16.0 Å². The third-order valence-electron chi connectivity index (χ3n) is 6.02. The van der Waals surface area contributed by atoms with Crippen molar-refractivity contribution in [3.63, 3.8) is 0 Å². The molecule has 0 aliphatic carbocycles. The van der Waals surface area contributed by atoms with Crippen molar-refractivity contribution in [2.24, 2.45) is 0 Å². The zero-order valence-electron chi connectivity index (χ0n) is 22.7. The normalized spacial score (nSPS) is 12.1. The summed E-state index contributed by atoms with van der Waals surface area (Å²) in [6, 6.07) is 17.5. The van der Waals surface area contributed by atoms with Gasteiger partial charge in [0, 0.05) is 35.5 Å². The minimum atomic E-state index is -1.00. The van der Waals surface area contributed by atoms with Crippen LogP contribution in [0.1, 0.15) is 61.6 Å². The third-order valence-corrected chi connectivity index (χ3v) is 6.02. The molecule has 4 rings (SSSR count). The van der Waals surface area contributed by atoms with Crippen LogP contribution in [-0.2, 0) is 9.59 Å². The number of nitrogens with one attached hydrogen (secondary N) is 3. The molecule has 0 fully saturated rings. The van der Waals surface area contributed by atoms with Gasteiger partial charge in [0.15, 0.2) is 0 Å². The topological polar surface area (TPSA) is 125 Å². The number of carboxylic acid groups (broad SMARTS) is 1. The molecule has 0 saturated heterocycles. The maximum atomic E-state index is 13.2. The van der Waals surface area contributed by atoms with Gasteiger partial charge >= 0.3 is 5.97 Å². The number of imidazole rings is 1. The summed E-state index contributed by atoms with van der Waals surface area (Å²) in [6.07, 6.45) is 1.54. The van der Waals surface area contributed by atoms with Gasteiger partial charge in [-0.2, -0.15) is 0 Å². The van der Waals surface area contributed by atoms with Gasteiger partial charge in [0.1, 0.15) is 17.2 Å². The predicted octanol–water partition coefficient (Wildman–Crippen LogP) is 5.42.